The number of nitrogens with zero attached hydrogens (tertiary/aromatic N) is 2. The highest BCUT2D eigenvalue weighted by Crippen LogP contribution is 2.38. The van der Waals surface area contributed by atoms with E-state index < -0.39 is 0 Å². The fourth-order valence-electron chi connectivity index (χ4n) is 1.74. The molecule has 0 radical (unpaired) electrons. The molecule has 0 bridgehead atoms. The highest BCUT2D eigenvalue weighted by molar-refractivity contribution is 6.32. The van der Waals surface area contributed by atoms with Crippen molar-refractivity contribution in [3.05, 3.63) is 23.0 Å². The van der Waals surface area contributed by atoms with Crippen molar-refractivity contribution < 1.29 is 18.8 Å². The molecule has 3 N–H and O–H groups in total. The van der Waals surface area contributed by atoms with Crippen molar-refractivity contribution in [1.82, 2.24) is 15.5 Å². The molecule has 1 amide bonds. The van der Waals surface area contributed by atoms with Crippen molar-refractivity contribution in [3.63, 3.8) is 0 Å². The number of ether oxygens (including phenoxy) is 2. The summed E-state index contributed by atoms with van der Waals surface area (Å²) in [5.41, 5.74) is 5.79. The summed E-state index contributed by atoms with van der Waals surface area (Å²) in [4.78, 5) is 15.3. The predicted molar refractivity (Wildman–Crippen MR) is 78.7 cm³/mol. The lowest BCUT2D eigenvalue weighted by molar-refractivity contribution is -0.120. The summed E-state index contributed by atoms with van der Waals surface area (Å²) < 4.78 is 15.4. The summed E-state index contributed by atoms with van der Waals surface area (Å²) in [6.45, 7) is -0.00363. The number of halogens is 1. The molecule has 22 heavy (non-hydrogen) atoms. The molecular weight excluding hydrogens is 312 g/mol. The number of hydrogen-bond acceptors (Lipinski definition) is 7. The van der Waals surface area contributed by atoms with Gasteiger partial charge in [0.2, 0.25) is 17.6 Å². The van der Waals surface area contributed by atoms with Crippen LogP contribution in [0, 0.1) is 0 Å². The van der Waals surface area contributed by atoms with Crippen LogP contribution in [0.1, 0.15) is 5.89 Å². The molecule has 9 heteroatoms. The number of hydrogen-bond donors (Lipinski definition) is 2. The fourth-order valence-corrected chi connectivity index (χ4v) is 2.03. The minimum atomic E-state index is -0.311. The number of amides is 1. The lowest BCUT2D eigenvalue weighted by Gasteiger charge is -2.10. The Kier molecular flexibility index (Phi) is 5.18. The van der Waals surface area contributed by atoms with E-state index in [0.29, 0.717) is 27.9 Å². The monoisotopic (exact) mass is 326 g/mol. The van der Waals surface area contributed by atoms with Gasteiger partial charge in [-0.25, -0.2) is 0 Å². The highest BCUT2D eigenvalue weighted by atomic mass is 35.5. The molecule has 1 heterocycles. The maximum atomic E-state index is 11.1. The smallest absolute Gasteiger partial charge is 0.246 e. The molecule has 0 saturated heterocycles. The first kappa shape index (κ1) is 16.1. The van der Waals surface area contributed by atoms with Crippen molar-refractivity contribution >= 4 is 17.5 Å². The maximum Gasteiger partial charge on any atom is 0.246 e. The molecule has 8 nitrogen and oxygen atoms in total. The van der Waals surface area contributed by atoms with Crippen LogP contribution < -0.4 is 20.5 Å². The predicted octanol–water partition coefficient (Wildman–Crippen LogP) is 0.982. The van der Waals surface area contributed by atoms with E-state index in [1.807, 2.05) is 0 Å². The Bertz CT molecular complexity index is 674. The quantitative estimate of drug-likeness (QED) is 0.813. The van der Waals surface area contributed by atoms with E-state index in [2.05, 4.69) is 15.5 Å². The molecule has 2 rings (SSSR count). The lowest BCUT2D eigenvalue weighted by Crippen LogP contribution is -2.29. The van der Waals surface area contributed by atoms with Crippen LogP contribution in [0.25, 0.3) is 11.4 Å². The average Bonchev–Trinajstić information content (AvgIpc) is 3.00. The number of nitrogens with two attached hydrogens (primary N) is 1. The molecule has 1 aromatic carbocycles. The van der Waals surface area contributed by atoms with Gasteiger partial charge in [0.15, 0.2) is 11.5 Å². The summed E-state index contributed by atoms with van der Waals surface area (Å²) in [5, 5.41) is 6.73. The Hall–Kier alpha value is -2.32. The molecule has 0 saturated carbocycles. The van der Waals surface area contributed by atoms with Gasteiger partial charge in [-0.2, -0.15) is 4.98 Å². The van der Waals surface area contributed by atoms with E-state index in [1.165, 1.54) is 14.2 Å². The van der Waals surface area contributed by atoms with E-state index in [4.69, 9.17) is 31.3 Å². The standard InChI is InChI=1S/C13H15ClN4O4/c1-20-9-4-7(3-8(14)12(9)21-2)13-17-11(22-18-13)6-16-10(19)5-15/h3-4H,5-6,15H2,1-2H3,(H,16,19). The summed E-state index contributed by atoms with van der Waals surface area (Å²) in [7, 11) is 3.00. The first-order valence-corrected chi connectivity index (χ1v) is 6.68. The van der Waals surface area contributed by atoms with Gasteiger partial charge < -0.3 is 25.0 Å². The number of carbonyl (C=O) groups is 1. The van der Waals surface area contributed by atoms with Gasteiger partial charge in [-0.15, -0.1) is 0 Å². The first-order chi connectivity index (χ1) is 10.6. The van der Waals surface area contributed by atoms with Crippen LogP contribution in [0.15, 0.2) is 16.7 Å². The second kappa shape index (κ2) is 7.10. The Morgan fingerprint density at radius 2 is 2.18 bits per heavy atom. The van der Waals surface area contributed by atoms with Gasteiger partial charge in [0.1, 0.15) is 0 Å². The van der Waals surface area contributed by atoms with E-state index >= 15 is 0 Å². The van der Waals surface area contributed by atoms with Crippen molar-refractivity contribution in [3.8, 4) is 22.9 Å². The first-order valence-electron chi connectivity index (χ1n) is 6.30. The molecular formula is C13H15ClN4O4. The molecule has 0 unspecified atom stereocenters. The van der Waals surface area contributed by atoms with Crippen LogP contribution in [0.5, 0.6) is 11.5 Å². The summed E-state index contributed by atoms with van der Waals surface area (Å²) >= 11 is 6.13. The van der Waals surface area contributed by atoms with Crippen molar-refractivity contribution in [2.45, 2.75) is 6.54 Å². The minimum absolute atomic E-state index is 0.101. The zero-order valence-corrected chi connectivity index (χ0v) is 12.8. The van der Waals surface area contributed by atoms with Gasteiger partial charge >= 0.3 is 0 Å². The topological polar surface area (TPSA) is 113 Å². The van der Waals surface area contributed by atoms with Crippen LogP contribution >= 0.6 is 11.6 Å². The molecule has 0 aliphatic carbocycles. The third-order valence-corrected chi connectivity index (χ3v) is 3.06. The number of aromatic nitrogens is 2. The lowest BCUT2D eigenvalue weighted by atomic mass is 10.2. The molecule has 118 valence electrons. The highest BCUT2D eigenvalue weighted by Gasteiger charge is 2.15. The summed E-state index contributed by atoms with van der Waals surface area (Å²) in [6.07, 6.45) is 0. The van der Waals surface area contributed by atoms with Crippen LogP contribution in [0.4, 0.5) is 0 Å². The Labute approximate surface area is 131 Å². The fraction of sp³-hybridized carbons (Fsp3) is 0.308. The van der Waals surface area contributed by atoms with E-state index in [0.717, 1.165) is 0 Å². The number of carbonyl (C=O) groups excluding carboxylic acids is 1. The number of nitrogens with one attached hydrogen (secondary N) is 1. The molecule has 2 aromatic rings. The Morgan fingerprint density at radius 3 is 2.82 bits per heavy atom. The van der Waals surface area contributed by atoms with Crippen molar-refractivity contribution in [2.24, 2.45) is 5.73 Å². The second-order valence-corrected chi connectivity index (χ2v) is 4.59. The second-order valence-electron chi connectivity index (χ2n) is 4.19. The Morgan fingerprint density at radius 1 is 1.41 bits per heavy atom. The van der Waals surface area contributed by atoms with E-state index in [-0.39, 0.29) is 24.9 Å². The molecule has 1 aromatic heterocycles. The maximum absolute atomic E-state index is 11.1. The number of benzene rings is 1. The molecule has 0 fully saturated rings. The zero-order valence-electron chi connectivity index (χ0n) is 12.1. The van der Waals surface area contributed by atoms with Gasteiger partial charge in [0.25, 0.3) is 0 Å². The number of methoxy groups -OCH3 is 2. The normalized spacial score (nSPS) is 10.4. The summed E-state index contributed by atoms with van der Waals surface area (Å²) in [5.74, 6) is 1.14. The van der Waals surface area contributed by atoms with Gasteiger partial charge in [-0.05, 0) is 12.1 Å². The van der Waals surface area contributed by atoms with Crippen molar-refractivity contribution in [1.29, 1.82) is 0 Å². The molecule has 0 spiro atoms. The van der Waals surface area contributed by atoms with Crippen LogP contribution in [-0.4, -0.2) is 36.8 Å². The van der Waals surface area contributed by atoms with Gasteiger partial charge in [-0.3, -0.25) is 4.79 Å². The Balaban J connectivity index is 2.23. The minimum Gasteiger partial charge on any atom is -0.493 e. The van der Waals surface area contributed by atoms with Crippen LogP contribution in [-0.2, 0) is 11.3 Å². The SMILES string of the molecule is COc1cc(-c2noc(CNC(=O)CN)n2)cc(Cl)c1OC. The van der Waals surface area contributed by atoms with Crippen LogP contribution in [0.2, 0.25) is 5.02 Å². The summed E-state index contributed by atoms with van der Waals surface area (Å²) in [6, 6.07) is 3.31. The third kappa shape index (κ3) is 3.46. The molecule has 0 aliphatic heterocycles. The zero-order chi connectivity index (χ0) is 16.1. The van der Waals surface area contributed by atoms with Gasteiger partial charge in [0, 0.05) is 5.56 Å². The van der Waals surface area contributed by atoms with Crippen LogP contribution in [0.3, 0.4) is 0 Å². The largest absolute Gasteiger partial charge is 0.493 e. The van der Waals surface area contributed by atoms with Gasteiger partial charge in [0.05, 0.1) is 32.3 Å². The average molecular weight is 327 g/mol. The van der Waals surface area contributed by atoms with E-state index in [1.54, 1.807) is 12.1 Å². The molecule has 0 aliphatic rings. The van der Waals surface area contributed by atoms with E-state index in [9.17, 15) is 4.79 Å². The number of rotatable bonds is 6. The molecule has 0 atom stereocenters. The van der Waals surface area contributed by atoms with Gasteiger partial charge in [-0.1, -0.05) is 16.8 Å². The third-order valence-electron chi connectivity index (χ3n) is 2.78. The van der Waals surface area contributed by atoms with Crippen molar-refractivity contribution in [2.75, 3.05) is 20.8 Å².